The second kappa shape index (κ2) is 6.28. The maximum Gasteiger partial charge on any atom is 0.335 e. The van der Waals surface area contributed by atoms with Crippen LogP contribution in [-0.4, -0.2) is 22.1 Å². The Hall–Kier alpha value is -1.86. The molecule has 0 unspecified atom stereocenters. The van der Waals surface area contributed by atoms with E-state index < -0.39 is 11.9 Å². The van der Waals surface area contributed by atoms with Gasteiger partial charge in [-0.2, -0.15) is 0 Å². The molecule has 0 saturated carbocycles. The second-order valence-electron chi connectivity index (χ2n) is 4.12. The van der Waals surface area contributed by atoms with Crippen LogP contribution in [0.15, 0.2) is 45.3 Å². The number of carbonyl (C=O) groups excluding carboxylic acids is 1. The Labute approximate surface area is 136 Å². The number of hydrogen-bond donors (Lipinski definition) is 3. The molecular weight excluding hydrogens is 406 g/mol. The topological polar surface area (TPSA) is 86.6 Å². The van der Waals surface area contributed by atoms with Crippen LogP contribution >= 0.6 is 31.9 Å². The second-order valence-corrected chi connectivity index (χ2v) is 5.89. The van der Waals surface area contributed by atoms with E-state index in [1.165, 1.54) is 30.3 Å². The third-order valence-corrected chi connectivity index (χ3v) is 3.82. The fourth-order valence-electron chi connectivity index (χ4n) is 1.63. The van der Waals surface area contributed by atoms with Crippen LogP contribution in [0.2, 0.25) is 0 Å². The van der Waals surface area contributed by atoms with Gasteiger partial charge >= 0.3 is 5.97 Å². The zero-order valence-corrected chi connectivity index (χ0v) is 13.6. The third kappa shape index (κ3) is 3.62. The minimum atomic E-state index is -1.06. The molecular formula is C14H9Br2NO4. The van der Waals surface area contributed by atoms with E-state index in [1.807, 2.05) is 0 Å². The first kappa shape index (κ1) is 15.5. The number of benzene rings is 2. The van der Waals surface area contributed by atoms with Crippen LogP contribution in [-0.2, 0) is 0 Å². The Morgan fingerprint density at radius 3 is 2.38 bits per heavy atom. The molecule has 0 heterocycles. The van der Waals surface area contributed by atoms with E-state index >= 15 is 0 Å². The molecule has 0 fully saturated rings. The maximum atomic E-state index is 12.1. The van der Waals surface area contributed by atoms with E-state index in [0.717, 1.165) is 0 Å². The maximum absolute atomic E-state index is 12.1. The van der Waals surface area contributed by atoms with Gasteiger partial charge in [0.15, 0.2) is 0 Å². The number of hydrogen-bond acceptors (Lipinski definition) is 3. The van der Waals surface area contributed by atoms with Crippen molar-refractivity contribution in [3.63, 3.8) is 0 Å². The van der Waals surface area contributed by atoms with Gasteiger partial charge in [-0.25, -0.2) is 4.79 Å². The van der Waals surface area contributed by atoms with Crippen molar-refractivity contribution in [2.75, 3.05) is 5.32 Å². The predicted octanol–water partition coefficient (Wildman–Crippen LogP) is 3.87. The minimum Gasteiger partial charge on any atom is -0.507 e. The first-order valence-electron chi connectivity index (χ1n) is 5.71. The number of carboxylic acid groups (broad SMARTS) is 1. The summed E-state index contributed by atoms with van der Waals surface area (Å²) in [6.45, 7) is 0. The summed E-state index contributed by atoms with van der Waals surface area (Å²) < 4.78 is 1.09. The lowest BCUT2D eigenvalue weighted by molar-refractivity contribution is 0.0696. The number of aromatic carboxylic acids is 1. The molecule has 0 aliphatic carbocycles. The lowest BCUT2D eigenvalue weighted by atomic mass is 10.1. The molecule has 0 aromatic heterocycles. The van der Waals surface area contributed by atoms with Crippen LogP contribution in [0.1, 0.15) is 20.7 Å². The summed E-state index contributed by atoms with van der Waals surface area (Å²) >= 11 is 6.42. The number of rotatable bonds is 3. The number of carboxylic acids is 1. The van der Waals surface area contributed by atoms with E-state index in [2.05, 4.69) is 37.2 Å². The Balaban J connectivity index is 2.27. The molecule has 0 atom stereocenters. The summed E-state index contributed by atoms with van der Waals surface area (Å²) in [5.74, 6) is -1.70. The molecule has 2 rings (SSSR count). The smallest absolute Gasteiger partial charge is 0.335 e. The highest BCUT2D eigenvalue weighted by Crippen LogP contribution is 2.27. The quantitative estimate of drug-likeness (QED) is 0.711. The summed E-state index contributed by atoms with van der Waals surface area (Å²) in [5.41, 5.74) is 0.619. The zero-order valence-electron chi connectivity index (χ0n) is 10.4. The lowest BCUT2D eigenvalue weighted by Gasteiger charge is -2.09. The van der Waals surface area contributed by atoms with E-state index in [0.29, 0.717) is 14.6 Å². The van der Waals surface area contributed by atoms with Gasteiger partial charge in [0.25, 0.3) is 5.91 Å². The number of phenols is 1. The highest BCUT2D eigenvalue weighted by atomic mass is 79.9. The van der Waals surface area contributed by atoms with Crippen molar-refractivity contribution < 1.29 is 19.8 Å². The van der Waals surface area contributed by atoms with Gasteiger partial charge in [-0.05, 0) is 52.3 Å². The van der Waals surface area contributed by atoms with Crippen molar-refractivity contribution in [2.24, 2.45) is 0 Å². The van der Waals surface area contributed by atoms with Crippen LogP contribution < -0.4 is 5.32 Å². The molecule has 0 bridgehead atoms. The minimum absolute atomic E-state index is 0.102. The molecule has 7 heteroatoms. The molecule has 0 aliphatic rings. The van der Waals surface area contributed by atoms with Gasteiger partial charge in [0.05, 0.1) is 16.8 Å². The zero-order chi connectivity index (χ0) is 15.6. The summed E-state index contributed by atoms with van der Waals surface area (Å²) in [4.78, 5) is 23.0. The van der Waals surface area contributed by atoms with E-state index in [-0.39, 0.29) is 16.9 Å². The van der Waals surface area contributed by atoms with Crippen molar-refractivity contribution in [3.05, 3.63) is 56.5 Å². The highest BCUT2D eigenvalue weighted by molar-refractivity contribution is 9.10. The monoisotopic (exact) mass is 413 g/mol. The van der Waals surface area contributed by atoms with Crippen LogP contribution in [0.25, 0.3) is 0 Å². The van der Waals surface area contributed by atoms with Gasteiger partial charge in [-0.15, -0.1) is 0 Å². The van der Waals surface area contributed by atoms with Gasteiger partial charge < -0.3 is 15.5 Å². The SMILES string of the molecule is O=C(O)c1ccc(NC(=O)c2cc(Br)ccc2O)c(Br)c1. The molecule has 1 amide bonds. The Morgan fingerprint density at radius 1 is 1.05 bits per heavy atom. The molecule has 3 N–H and O–H groups in total. The van der Waals surface area contributed by atoms with Crippen LogP contribution in [0.3, 0.4) is 0 Å². The molecule has 0 spiro atoms. The van der Waals surface area contributed by atoms with Crippen molar-refractivity contribution in [1.82, 2.24) is 0 Å². The predicted molar refractivity (Wildman–Crippen MR) is 84.9 cm³/mol. The van der Waals surface area contributed by atoms with Crippen molar-refractivity contribution in [1.29, 1.82) is 0 Å². The van der Waals surface area contributed by atoms with Crippen LogP contribution in [0.4, 0.5) is 5.69 Å². The number of aromatic hydroxyl groups is 1. The highest BCUT2D eigenvalue weighted by Gasteiger charge is 2.14. The van der Waals surface area contributed by atoms with Gasteiger partial charge in [-0.3, -0.25) is 4.79 Å². The van der Waals surface area contributed by atoms with Crippen molar-refractivity contribution in [2.45, 2.75) is 0 Å². The average Bonchev–Trinajstić information content (AvgIpc) is 2.43. The molecule has 2 aromatic carbocycles. The van der Waals surface area contributed by atoms with Crippen molar-refractivity contribution in [3.8, 4) is 5.75 Å². The molecule has 2 aromatic rings. The number of halogens is 2. The van der Waals surface area contributed by atoms with Gasteiger partial charge in [0, 0.05) is 8.95 Å². The Morgan fingerprint density at radius 2 is 1.76 bits per heavy atom. The normalized spacial score (nSPS) is 10.2. The standard InChI is InChI=1S/C14H9Br2NO4/c15-8-2-4-12(18)9(6-8)13(19)17-11-3-1-7(14(20)21)5-10(11)16/h1-6,18H,(H,17,19)(H,20,21). The fraction of sp³-hybridized carbons (Fsp3) is 0. The number of amides is 1. The van der Waals surface area contributed by atoms with E-state index in [1.54, 1.807) is 6.07 Å². The molecule has 21 heavy (non-hydrogen) atoms. The van der Waals surface area contributed by atoms with Gasteiger partial charge in [0.2, 0.25) is 0 Å². The fourth-order valence-corrected chi connectivity index (χ4v) is 2.47. The summed E-state index contributed by atoms with van der Waals surface area (Å²) in [5, 5.41) is 21.2. The van der Waals surface area contributed by atoms with E-state index in [9.17, 15) is 14.7 Å². The summed E-state index contributed by atoms with van der Waals surface area (Å²) in [6, 6.07) is 8.75. The number of carbonyl (C=O) groups is 2. The summed E-state index contributed by atoms with van der Waals surface area (Å²) in [7, 11) is 0. The first-order valence-corrected chi connectivity index (χ1v) is 7.30. The van der Waals surface area contributed by atoms with Crippen molar-refractivity contribution >= 4 is 49.4 Å². The van der Waals surface area contributed by atoms with Gasteiger partial charge in [-0.1, -0.05) is 15.9 Å². The Bertz CT molecular complexity index is 731. The number of nitrogens with one attached hydrogen (secondary N) is 1. The molecule has 0 radical (unpaired) electrons. The van der Waals surface area contributed by atoms with Crippen LogP contribution in [0, 0.1) is 0 Å². The molecule has 0 saturated heterocycles. The first-order chi connectivity index (χ1) is 9.88. The summed E-state index contributed by atoms with van der Waals surface area (Å²) in [6.07, 6.45) is 0. The largest absolute Gasteiger partial charge is 0.507 e. The van der Waals surface area contributed by atoms with Crippen LogP contribution in [0.5, 0.6) is 5.75 Å². The average molecular weight is 415 g/mol. The number of anilines is 1. The third-order valence-electron chi connectivity index (χ3n) is 2.67. The van der Waals surface area contributed by atoms with Gasteiger partial charge in [0.1, 0.15) is 5.75 Å². The Kier molecular flexibility index (Phi) is 4.64. The lowest BCUT2D eigenvalue weighted by Crippen LogP contribution is -2.13. The van der Waals surface area contributed by atoms with E-state index in [4.69, 9.17) is 5.11 Å². The number of phenolic OH excluding ortho intramolecular Hbond substituents is 1. The molecule has 5 nitrogen and oxygen atoms in total. The molecule has 108 valence electrons. The molecule has 0 aliphatic heterocycles.